The van der Waals surface area contributed by atoms with Crippen molar-refractivity contribution in [1.82, 2.24) is 9.21 Å². The summed E-state index contributed by atoms with van der Waals surface area (Å²) in [6, 6.07) is 9.05. The van der Waals surface area contributed by atoms with Crippen molar-refractivity contribution in [3.63, 3.8) is 0 Å². The monoisotopic (exact) mass is 406 g/mol. The molecular weight excluding hydrogens is 376 g/mol. The Morgan fingerprint density at radius 2 is 1.82 bits per heavy atom. The van der Waals surface area contributed by atoms with Crippen molar-refractivity contribution in [3.8, 4) is 0 Å². The number of hydrogen-bond acceptors (Lipinski definition) is 4. The lowest BCUT2D eigenvalue weighted by Crippen LogP contribution is -2.65. The van der Waals surface area contributed by atoms with Crippen LogP contribution in [0.15, 0.2) is 35.2 Å². The SMILES string of the molecule is O=C(O)CCC[C@@H]1[C@H]2CCCN3CCC[C@@H](CN1S(=O)(=O)c1ccccc1)[C@@H]23. The number of carboxylic acid groups (broad SMARTS) is 1. The number of aliphatic carboxylic acids is 1. The van der Waals surface area contributed by atoms with E-state index < -0.39 is 16.0 Å². The number of nitrogens with zero attached hydrogens (tertiary/aromatic N) is 2. The van der Waals surface area contributed by atoms with Crippen LogP contribution in [0.25, 0.3) is 0 Å². The second-order valence-corrected chi connectivity index (χ2v) is 10.4. The third-order valence-electron chi connectivity index (χ3n) is 6.87. The molecule has 0 spiro atoms. The fourth-order valence-electron chi connectivity index (χ4n) is 5.78. The van der Waals surface area contributed by atoms with Crippen LogP contribution in [0.4, 0.5) is 0 Å². The van der Waals surface area contributed by atoms with E-state index in [1.165, 1.54) is 0 Å². The smallest absolute Gasteiger partial charge is 0.303 e. The van der Waals surface area contributed by atoms with Gasteiger partial charge in [0.1, 0.15) is 0 Å². The minimum Gasteiger partial charge on any atom is -0.481 e. The predicted octanol–water partition coefficient (Wildman–Crippen LogP) is 2.81. The van der Waals surface area contributed by atoms with E-state index in [9.17, 15) is 13.2 Å². The van der Waals surface area contributed by atoms with Gasteiger partial charge in [-0.2, -0.15) is 4.31 Å². The number of benzene rings is 1. The first-order valence-electron chi connectivity index (χ1n) is 10.5. The number of sulfonamides is 1. The van der Waals surface area contributed by atoms with Crippen LogP contribution in [0.5, 0.6) is 0 Å². The van der Waals surface area contributed by atoms with Crippen molar-refractivity contribution >= 4 is 16.0 Å². The first-order chi connectivity index (χ1) is 13.5. The highest BCUT2D eigenvalue weighted by Crippen LogP contribution is 2.44. The van der Waals surface area contributed by atoms with E-state index in [1.807, 2.05) is 6.07 Å². The first kappa shape index (κ1) is 19.9. The highest BCUT2D eigenvalue weighted by atomic mass is 32.2. The number of piperidine rings is 3. The van der Waals surface area contributed by atoms with Crippen molar-refractivity contribution in [3.05, 3.63) is 30.3 Å². The maximum atomic E-state index is 13.5. The fraction of sp³-hybridized carbons (Fsp3) is 0.667. The molecule has 0 unspecified atom stereocenters. The molecule has 28 heavy (non-hydrogen) atoms. The Balaban J connectivity index is 1.67. The van der Waals surface area contributed by atoms with Crippen molar-refractivity contribution in [2.75, 3.05) is 19.6 Å². The molecule has 7 heteroatoms. The number of carbonyl (C=O) groups is 1. The van der Waals surface area contributed by atoms with E-state index in [0.29, 0.717) is 42.2 Å². The molecule has 0 bridgehead atoms. The van der Waals surface area contributed by atoms with Crippen molar-refractivity contribution in [1.29, 1.82) is 0 Å². The Labute approximate surface area is 167 Å². The van der Waals surface area contributed by atoms with Gasteiger partial charge in [0.2, 0.25) is 10.0 Å². The maximum absolute atomic E-state index is 13.5. The molecule has 1 N–H and O–H groups in total. The molecule has 3 aliphatic heterocycles. The van der Waals surface area contributed by atoms with Gasteiger partial charge < -0.3 is 5.11 Å². The van der Waals surface area contributed by atoms with Crippen LogP contribution >= 0.6 is 0 Å². The van der Waals surface area contributed by atoms with Gasteiger partial charge in [0.05, 0.1) is 4.90 Å². The van der Waals surface area contributed by atoms with E-state index in [4.69, 9.17) is 5.11 Å². The van der Waals surface area contributed by atoms with Crippen LogP contribution in [0.1, 0.15) is 44.9 Å². The van der Waals surface area contributed by atoms with Crippen LogP contribution in [-0.2, 0) is 14.8 Å². The molecule has 6 nitrogen and oxygen atoms in total. The van der Waals surface area contributed by atoms with Gasteiger partial charge in [-0.15, -0.1) is 0 Å². The lowest BCUT2D eigenvalue weighted by atomic mass is 9.70. The van der Waals surface area contributed by atoms with Gasteiger partial charge in [-0.1, -0.05) is 18.2 Å². The van der Waals surface area contributed by atoms with Gasteiger partial charge in [0, 0.05) is 25.0 Å². The van der Waals surface area contributed by atoms with Crippen LogP contribution < -0.4 is 0 Å². The highest BCUT2D eigenvalue weighted by Gasteiger charge is 2.51. The maximum Gasteiger partial charge on any atom is 0.303 e. The molecule has 1 aromatic carbocycles. The zero-order valence-corrected chi connectivity index (χ0v) is 17.1. The van der Waals surface area contributed by atoms with Gasteiger partial charge in [0.15, 0.2) is 0 Å². The molecule has 3 aliphatic rings. The average molecular weight is 407 g/mol. The highest BCUT2D eigenvalue weighted by molar-refractivity contribution is 7.89. The van der Waals surface area contributed by atoms with E-state index >= 15 is 0 Å². The normalized spacial score (nSPS) is 31.3. The van der Waals surface area contributed by atoms with Gasteiger partial charge in [0.25, 0.3) is 0 Å². The predicted molar refractivity (Wildman–Crippen MR) is 106 cm³/mol. The summed E-state index contributed by atoms with van der Waals surface area (Å²) in [7, 11) is -3.58. The lowest BCUT2D eigenvalue weighted by molar-refractivity contribution is -0.137. The molecule has 3 saturated heterocycles. The third kappa shape index (κ3) is 3.72. The van der Waals surface area contributed by atoms with Gasteiger partial charge in [-0.05, 0) is 75.6 Å². The fourth-order valence-corrected chi connectivity index (χ4v) is 7.56. The summed E-state index contributed by atoms with van der Waals surface area (Å²) in [4.78, 5) is 14.0. The minimum absolute atomic E-state index is 0.0975. The number of hydrogen-bond donors (Lipinski definition) is 1. The molecule has 0 radical (unpaired) electrons. The summed E-state index contributed by atoms with van der Waals surface area (Å²) < 4.78 is 28.8. The molecule has 0 amide bonds. The van der Waals surface area contributed by atoms with Crippen molar-refractivity contribution in [2.24, 2.45) is 11.8 Å². The van der Waals surface area contributed by atoms with E-state index in [1.54, 1.807) is 28.6 Å². The van der Waals surface area contributed by atoms with E-state index in [2.05, 4.69) is 4.90 Å². The molecule has 4 atom stereocenters. The standard InChI is InChI=1S/C21H30N2O4S/c24-20(25)12-4-11-19-18-10-6-14-22-13-5-7-16(21(18)22)15-23(19)28(26,27)17-8-2-1-3-9-17/h1-3,8-9,16,18-19,21H,4-7,10-15H2,(H,24,25)/t16-,18+,19+,21-/m0/s1. The molecule has 0 aromatic heterocycles. The van der Waals surface area contributed by atoms with E-state index in [0.717, 1.165) is 38.8 Å². The molecule has 154 valence electrons. The second kappa shape index (κ2) is 8.13. The Morgan fingerprint density at radius 3 is 2.54 bits per heavy atom. The molecule has 4 rings (SSSR count). The largest absolute Gasteiger partial charge is 0.481 e. The summed E-state index contributed by atoms with van der Waals surface area (Å²) in [5.74, 6) is -0.123. The molecule has 0 aliphatic carbocycles. The summed E-state index contributed by atoms with van der Waals surface area (Å²) >= 11 is 0. The van der Waals surface area contributed by atoms with Crippen molar-refractivity contribution < 1.29 is 18.3 Å². The topological polar surface area (TPSA) is 77.9 Å². The van der Waals surface area contributed by atoms with Crippen LogP contribution in [-0.4, -0.2) is 60.4 Å². The molecular formula is C21H30N2O4S. The Kier molecular flexibility index (Phi) is 5.76. The van der Waals surface area contributed by atoms with Crippen LogP contribution in [0, 0.1) is 11.8 Å². The number of carboxylic acids is 1. The van der Waals surface area contributed by atoms with Crippen LogP contribution in [0.3, 0.4) is 0 Å². The molecule has 1 aromatic rings. The van der Waals surface area contributed by atoms with Gasteiger partial charge >= 0.3 is 5.97 Å². The lowest BCUT2D eigenvalue weighted by Gasteiger charge is -2.57. The average Bonchev–Trinajstić information content (AvgIpc) is 2.70. The van der Waals surface area contributed by atoms with Gasteiger partial charge in [-0.25, -0.2) is 8.42 Å². The Bertz CT molecular complexity index is 796. The summed E-state index contributed by atoms with van der Waals surface area (Å²) in [6.07, 6.45) is 5.60. The van der Waals surface area contributed by atoms with E-state index in [-0.39, 0.29) is 12.5 Å². The third-order valence-corrected chi connectivity index (χ3v) is 8.77. The van der Waals surface area contributed by atoms with Crippen LogP contribution in [0.2, 0.25) is 0 Å². The summed E-state index contributed by atoms with van der Waals surface area (Å²) in [5, 5.41) is 9.07. The summed E-state index contributed by atoms with van der Waals surface area (Å²) in [6.45, 7) is 2.79. The Morgan fingerprint density at radius 1 is 1.11 bits per heavy atom. The minimum atomic E-state index is -3.58. The number of rotatable bonds is 6. The zero-order chi connectivity index (χ0) is 19.7. The molecule has 3 fully saturated rings. The molecule has 0 saturated carbocycles. The van der Waals surface area contributed by atoms with Crippen molar-refractivity contribution in [2.45, 2.75) is 61.9 Å². The first-order valence-corrected chi connectivity index (χ1v) is 12.0. The molecule has 3 heterocycles. The summed E-state index contributed by atoms with van der Waals surface area (Å²) in [5.41, 5.74) is 0. The Hall–Kier alpha value is -1.44. The zero-order valence-electron chi connectivity index (χ0n) is 16.2. The second-order valence-electron chi connectivity index (χ2n) is 8.48. The quantitative estimate of drug-likeness (QED) is 0.786. The van der Waals surface area contributed by atoms with Gasteiger partial charge in [-0.3, -0.25) is 9.69 Å².